The summed E-state index contributed by atoms with van der Waals surface area (Å²) >= 11 is 4.66. The number of rotatable bonds is 2. The van der Waals surface area contributed by atoms with E-state index in [1.165, 1.54) is 0 Å². The molecule has 1 saturated heterocycles. The van der Waals surface area contributed by atoms with Gasteiger partial charge in [0, 0.05) is 12.8 Å². The van der Waals surface area contributed by atoms with Crippen molar-refractivity contribution in [2.24, 2.45) is 5.73 Å². The smallest absolute Gasteiger partial charge is 0.229 e. The number of hydrogen-bond donors (Lipinski definition) is 1. The highest BCUT2D eigenvalue weighted by molar-refractivity contribution is 7.80. The van der Waals surface area contributed by atoms with E-state index in [0.29, 0.717) is 12.8 Å². The Labute approximate surface area is 82.1 Å². The Hall–Kier alpha value is -0.970. The van der Waals surface area contributed by atoms with Crippen molar-refractivity contribution in [3.05, 3.63) is 0 Å². The van der Waals surface area contributed by atoms with Crippen LogP contribution in [-0.4, -0.2) is 28.2 Å². The number of imide groups is 1. The molecule has 0 aromatic carbocycles. The summed E-state index contributed by atoms with van der Waals surface area (Å²) in [5.41, 5.74) is 5.28. The van der Waals surface area contributed by atoms with Crippen LogP contribution in [-0.2, 0) is 9.59 Å². The van der Waals surface area contributed by atoms with Crippen LogP contribution in [0, 0.1) is 0 Å². The molecule has 0 spiro atoms. The summed E-state index contributed by atoms with van der Waals surface area (Å²) in [5.74, 6) is -0.314. The van der Waals surface area contributed by atoms with Crippen LogP contribution in [0.1, 0.15) is 25.7 Å². The maximum absolute atomic E-state index is 11.4. The molecule has 0 radical (unpaired) electrons. The first-order valence-corrected chi connectivity index (χ1v) is 4.63. The van der Waals surface area contributed by atoms with Crippen molar-refractivity contribution >= 4 is 29.0 Å². The van der Waals surface area contributed by atoms with Gasteiger partial charge in [0.05, 0.1) is 11.5 Å². The largest absolute Gasteiger partial charge is 0.392 e. The fourth-order valence-corrected chi connectivity index (χ4v) is 1.42. The lowest BCUT2D eigenvalue weighted by Crippen LogP contribution is -2.40. The van der Waals surface area contributed by atoms with Gasteiger partial charge in [-0.1, -0.05) is 12.2 Å². The van der Waals surface area contributed by atoms with E-state index >= 15 is 0 Å². The molecule has 1 heterocycles. The Morgan fingerprint density at radius 3 is 2.15 bits per heavy atom. The van der Waals surface area contributed by atoms with Gasteiger partial charge in [0.1, 0.15) is 0 Å². The highest BCUT2D eigenvalue weighted by Gasteiger charge is 2.23. The van der Waals surface area contributed by atoms with Crippen molar-refractivity contribution in [1.29, 1.82) is 0 Å². The van der Waals surface area contributed by atoms with Crippen LogP contribution in [0.4, 0.5) is 0 Å². The van der Waals surface area contributed by atoms with Gasteiger partial charge in [-0.25, -0.2) is 0 Å². The van der Waals surface area contributed by atoms with E-state index in [0.717, 1.165) is 17.7 Å². The van der Waals surface area contributed by atoms with Crippen LogP contribution in [0.15, 0.2) is 0 Å². The topological polar surface area (TPSA) is 63.4 Å². The van der Waals surface area contributed by atoms with Crippen molar-refractivity contribution in [3.63, 3.8) is 0 Å². The molecule has 1 fully saturated rings. The van der Waals surface area contributed by atoms with Crippen molar-refractivity contribution in [2.45, 2.75) is 25.7 Å². The normalized spacial score (nSPS) is 18.6. The van der Waals surface area contributed by atoms with E-state index < -0.39 is 0 Å². The van der Waals surface area contributed by atoms with Crippen molar-refractivity contribution in [3.8, 4) is 0 Å². The Morgan fingerprint density at radius 1 is 1.31 bits per heavy atom. The molecule has 13 heavy (non-hydrogen) atoms. The molecule has 72 valence electrons. The van der Waals surface area contributed by atoms with Gasteiger partial charge >= 0.3 is 0 Å². The first-order valence-electron chi connectivity index (χ1n) is 4.23. The second kappa shape index (κ2) is 4.32. The highest BCUT2D eigenvalue weighted by Crippen LogP contribution is 2.11. The molecule has 0 bridgehead atoms. The van der Waals surface area contributed by atoms with E-state index in [4.69, 9.17) is 5.73 Å². The summed E-state index contributed by atoms with van der Waals surface area (Å²) in [6.45, 7) is 0.0903. The lowest BCUT2D eigenvalue weighted by atomic mass is 10.2. The first kappa shape index (κ1) is 10.1. The van der Waals surface area contributed by atoms with Crippen molar-refractivity contribution in [1.82, 2.24) is 4.90 Å². The molecule has 4 nitrogen and oxygen atoms in total. The second-order valence-electron chi connectivity index (χ2n) is 3.05. The molecule has 0 aromatic heterocycles. The molecule has 2 amide bonds. The highest BCUT2D eigenvalue weighted by atomic mass is 32.1. The number of nitrogens with zero attached hydrogens (tertiary/aromatic N) is 1. The lowest BCUT2D eigenvalue weighted by Gasteiger charge is -2.17. The number of amides is 2. The van der Waals surface area contributed by atoms with Gasteiger partial charge in [0.25, 0.3) is 0 Å². The monoisotopic (exact) mass is 200 g/mol. The Bertz CT molecular complexity index is 235. The number of carbonyl (C=O) groups excluding carboxylic acids is 2. The van der Waals surface area contributed by atoms with E-state index in [1.807, 2.05) is 0 Å². The summed E-state index contributed by atoms with van der Waals surface area (Å²) in [6, 6.07) is 0. The molecule has 0 atom stereocenters. The maximum atomic E-state index is 11.4. The van der Waals surface area contributed by atoms with Gasteiger partial charge in [0.15, 0.2) is 0 Å². The Morgan fingerprint density at radius 2 is 1.77 bits per heavy atom. The molecular formula is C8H12N2O2S. The van der Waals surface area contributed by atoms with Crippen LogP contribution >= 0.6 is 12.2 Å². The summed E-state index contributed by atoms with van der Waals surface area (Å²) in [4.78, 5) is 24.0. The summed E-state index contributed by atoms with van der Waals surface area (Å²) in [5, 5.41) is 0. The van der Waals surface area contributed by atoms with Crippen LogP contribution < -0.4 is 5.73 Å². The number of thiocarbonyl (C=S) groups is 1. The van der Waals surface area contributed by atoms with Gasteiger partial charge < -0.3 is 5.73 Å². The Kier molecular flexibility index (Phi) is 3.36. The molecule has 0 unspecified atom stereocenters. The van der Waals surface area contributed by atoms with Gasteiger partial charge in [0.2, 0.25) is 11.8 Å². The fraction of sp³-hybridized carbons (Fsp3) is 0.625. The van der Waals surface area contributed by atoms with E-state index in [1.54, 1.807) is 0 Å². The van der Waals surface area contributed by atoms with Crippen molar-refractivity contribution in [2.75, 3.05) is 6.54 Å². The summed E-state index contributed by atoms with van der Waals surface area (Å²) in [7, 11) is 0. The quantitative estimate of drug-likeness (QED) is 0.511. The third kappa shape index (κ3) is 2.77. The second-order valence-corrected chi connectivity index (χ2v) is 3.57. The number of carbonyl (C=O) groups is 2. The van der Waals surface area contributed by atoms with Crippen molar-refractivity contribution < 1.29 is 9.59 Å². The van der Waals surface area contributed by atoms with E-state index in [9.17, 15) is 9.59 Å². The first-order chi connectivity index (χ1) is 6.11. The predicted molar refractivity (Wildman–Crippen MR) is 52.0 cm³/mol. The van der Waals surface area contributed by atoms with Gasteiger partial charge in [-0.05, 0) is 12.8 Å². The average molecular weight is 200 g/mol. The number of nitrogens with two attached hydrogens (primary N) is 1. The molecule has 1 aliphatic heterocycles. The van der Waals surface area contributed by atoms with E-state index in [2.05, 4.69) is 12.2 Å². The minimum absolute atomic E-state index is 0.0903. The third-order valence-electron chi connectivity index (χ3n) is 1.95. The van der Waals surface area contributed by atoms with Gasteiger partial charge in [-0.15, -0.1) is 0 Å². The molecule has 0 aromatic rings. The minimum atomic E-state index is -0.157. The molecule has 0 saturated carbocycles. The maximum Gasteiger partial charge on any atom is 0.229 e. The molecule has 0 aliphatic carbocycles. The van der Waals surface area contributed by atoms with Crippen LogP contribution in [0.25, 0.3) is 0 Å². The molecule has 2 N–H and O–H groups in total. The summed E-state index contributed by atoms with van der Waals surface area (Å²) < 4.78 is 0. The predicted octanol–water partition coefficient (Wildman–Crippen LogP) is 0.202. The lowest BCUT2D eigenvalue weighted by molar-refractivity contribution is -0.142. The standard InChI is InChI=1S/C8H12N2O2S/c9-6(13)5-10-7(11)3-1-2-4-8(10)12/h1-5H2,(H2,9,13). The van der Waals surface area contributed by atoms with Gasteiger partial charge in [-0.3, -0.25) is 14.5 Å². The molecule has 1 aliphatic rings. The number of hydrogen-bond acceptors (Lipinski definition) is 3. The van der Waals surface area contributed by atoms with Crippen LogP contribution in [0.2, 0.25) is 0 Å². The average Bonchev–Trinajstić information content (AvgIpc) is 2.18. The molecule has 1 rings (SSSR count). The minimum Gasteiger partial charge on any atom is -0.392 e. The fourth-order valence-electron chi connectivity index (χ4n) is 1.29. The molecule has 5 heteroatoms. The van der Waals surface area contributed by atoms with Crippen LogP contribution in [0.5, 0.6) is 0 Å². The van der Waals surface area contributed by atoms with Gasteiger partial charge in [-0.2, -0.15) is 0 Å². The molecular weight excluding hydrogens is 188 g/mol. The zero-order valence-electron chi connectivity index (χ0n) is 7.28. The van der Waals surface area contributed by atoms with E-state index in [-0.39, 0.29) is 23.3 Å². The zero-order valence-corrected chi connectivity index (χ0v) is 8.10. The zero-order chi connectivity index (χ0) is 9.84. The van der Waals surface area contributed by atoms with Crippen LogP contribution in [0.3, 0.4) is 0 Å². The summed E-state index contributed by atoms with van der Waals surface area (Å²) in [6.07, 6.45) is 2.40. The third-order valence-corrected chi connectivity index (χ3v) is 2.08. The Balaban J connectivity index is 2.69. The SMILES string of the molecule is NC(=S)CN1C(=O)CCCCC1=O. The number of likely N-dealkylation sites (tertiary alicyclic amines) is 1.